The normalized spacial score (nSPS) is 26.4. The molecular weight excluding hydrogens is 168 g/mol. The standard InChI is InChI=1S/C9H10N2O2/c10-7-8(11-9(7)13)5-1-3-6(12)4-2-5/h1-4,7-8,12H,10H2,(H,11,13). The summed E-state index contributed by atoms with van der Waals surface area (Å²) in [6.07, 6.45) is 0. The molecule has 1 fully saturated rings. The van der Waals surface area contributed by atoms with Crippen LogP contribution in [0.2, 0.25) is 0 Å². The maximum atomic E-state index is 10.8. The van der Waals surface area contributed by atoms with Gasteiger partial charge in [0.25, 0.3) is 0 Å². The van der Waals surface area contributed by atoms with E-state index in [-0.39, 0.29) is 17.7 Å². The zero-order valence-electron chi connectivity index (χ0n) is 6.90. The van der Waals surface area contributed by atoms with E-state index in [0.29, 0.717) is 0 Å². The number of phenolic OH excluding ortho intramolecular Hbond substituents is 1. The number of hydrogen-bond donors (Lipinski definition) is 3. The van der Waals surface area contributed by atoms with E-state index >= 15 is 0 Å². The largest absolute Gasteiger partial charge is 0.508 e. The average Bonchev–Trinajstić information content (AvgIpc) is 2.15. The van der Waals surface area contributed by atoms with Crippen LogP contribution in [0.4, 0.5) is 0 Å². The fourth-order valence-corrected chi connectivity index (χ4v) is 1.37. The zero-order valence-corrected chi connectivity index (χ0v) is 6.90. The van der Waals surface area contributed by atoms with Crippen molar-refractivity contribution in [2.45, 2.75) is 12.1 Å². The Labute approximate surface area is 75.4 Å². The first kappa shape index (κ1) is 8.07. The topological polar surface area (TPSA) is 75.4 Å². The summed E-state index contributed by atoms with van der Waals surface area (Å²) in [5, 5.41) is 11.7. The summed E-state index contributed by atoms with van der Waals surface area (Å²) in [5.74, 6) is 0.0843. The third-order valence-corrected chi connectivity index (χ3v) is 2.21. The van der Waals surface area contributed by atoms with Crippen molar-refractivity contribution in [1.82, 2.24) is 5.32 Å². The first-order chi connectivity index (χ1) is 6.18. The Bertz CT molecular complexity index is 334. The highest BCUT2D eigenvalue weighted by Crippen LogP contribution is 2.24. The second-order valence-electron chi connectivity index (χ2n) is 3.10. The van der Waals surface area contributed by atoms with Crippen LogP contribution in [0.25, 0.3) is 0 Å². The first-order valence-corrected chi connectivity index (χ1v) is 4.03. The maximum absolute atomic E-state index is 10.8. The second-order valence-corrected chi connectivity index (χ2v) is 3.10. The summed E-state index contributed by atoms with van der Waals surface area (Å²) < 4.78 is 0. The summed E-state index contributed by atoms with van der Waals surface area (Å²) in [6, 6.07) is 6.09. The molecule has 4 N–H and O–H groups in total. The predicted molar refractivity (Wildman–Crippen MR) is 47.0 cm³/mol. The van der Waals surface area contributed by atoms with Gasteiger partial charge in [-0.15, -0.1) is 0 Å². The SMILES string of the molecule is NC1C(=O)NC1c1ccc(O)cc1. The summed E-state index contributed by atoms with van der Waals surface area (Å²) in [6.45, 7) is 0. The molecule has 2 rings (SSSR count). The summed E-state index contributed by atoms with van der Waals surface area (Å²) in [7, 11) is 0. The Morgan fingerprint density at radius 1 is 1.31 bits per heavy atom. The number of nitrogens with one attached hydrogen (secondary N) is 1. The summed E-state index contributed by atoms with van der Waals surface area (Å²) >= 11 is 0. The molecule has 1 amide bonds. The lowest BCUT2D eigenvalue weighted by Gasteiger charge is -2.34. The quantitative estimate of drug-likeness (QED) is 0.525. The van der Waals surface area contributed by atoms with Gasteiger partial charge in [-0.3, -0.25) is 4.79 Å². The number of carbonyl (C=O) groups excluding carboxylic acids is 1. The first-order valence-electron chi connectivity index (χ1n) is 4.03. The zero-order chi connectivity index (χ0) is 9.42. The van der Waals surface area contributed by atoms with Crippen LogP contribution >= 0.6 is 0 Å². The highest BCUT2D eigenvalue weighted by Gasteiger charge is 2.36. The molecule has 0 aromatic heterocycles. The number of hydrogen-bond acceptors (Lipinski definition) is 3. The van der Waals surface area contributed by atoms with Gasteiger partial charge < -0.3 is 16.2 Å². The minimum atomic E-state index is -0.454. The van der Waals surface area contributed by atoms with Crippen molar-refractivity contribution in [3.63, 3.8) is 0 Å². The molecular formula is C9H10N2O2. The van der Waals surface area contributed by atoms with Gasteiger partial charge in [-0.05, 0) is 17.7 Å². The van der Waals surface area contributed by atoms with Crippen molar-refractivity contribution in [2.24, 2.45) is 5.73 Å². The molecule has 4 nitrogen and oxygen atoms in total. The molecule has 4 heteroatoms. The summed E-state index contributed by atoms with van der Waals surface area (Å²) in [5.41, 5.74) is 6.48. The molecule has 0 radical (unpaired) electrons. The monoisotopic (exact) mass is 178 g/mol. The highest BCUT2D eigenvalue weighted by molar-refractivity contribution is 5.89. The molecule has 1 aliphatic rings. The van der Waals surface area contributed by atoms with Crippen molar-refractivity contribution in [3.8, 4) is 5.75 Å². The summed E-state index contributed by atoms with van der Waals surface area (Å²) in [4.78, 5) is 10.8. The maximum Gasteiger partial charge on any atom is 0.239 e. The van der Waals surface area contributed by atoms with Gasteiger partial charge in [-0.1, -0.05) is 12.1 Å². The predicted octanol–water partition coefficient (Wildman–Crippen LogP) is -0.110. The number of carbonyl (C=O) groups is 1. The Morgan fingerprint density at radius 3 is 2.38 bits per heavy atom. The third-order valence-electron chi connectivity index (χ3n) is 2.21. The van der Waals surface area contributed by atoms with Gasteiger partial charge in [0, 0.05) is 0 Å². The van der Waals surface area contributed by atoms with Gasteiger partial charge in [-0.25, -0.2) is 0 Å². The molecule has 0 aliphatic carbocycles. The molecule has 1 aromatic carbocycles. The minimum Gasteiger partial charge on any atom is -0.508 e. The van der Waals surface area contributed by atoms with E-state index in [2.05, 4.69) is 5.32 Å². The van der Waals surface area contributed by atoms with Crippen LogP contribution in [0, 0.1) is 0 Å². The van der Waals surface area contributed by atoms with Crippen molar-refractivity contribution in [3.05, 3.63) is 29.8 Å². The Balaban J connectivity index is 2.18. The smallest absolute Gasteiger partial charge is 0.239 e. The van der Waals surface area contributed by atoms with E-state index in [0.717, 1.165) is 5.56 Å². The average molecular weight is 178 g/mol. The van der Waals surface area contributed by atoms with Crippen LogP contribution in [0.3, 0.4) is 0 Å². The van der Waals surface area contributed by atoms with Gasteiger partial charge >= 0.3 is 0 Å². The van der Waals surface area contributed by atoms with E-state index < -0.39 is 6.04 Å². The number of benzene rings is 1. The molecule has 2 unspecified atom stereocenters. The molecule has 0 bridgehead atoms. The van der Waals surface area contributed by atoms with Gasteiger partial charge in [-0.2, -0.15) is 0 Å². The van der Waals surface area contributed by atoms with Crippen LogP contribution in [0.5, 0.6) is 5.75 Å². The van der Waals surface area contributed by atoms with E-state index in [4.69, 9.17) is 10.8 Å². The molecule has 1 saturated heterocycles. The molecule has 0 saturated carbocycles. The van der Waals surface area contributed by atoms with Crippen LogP contribution in [-0.4, -0.2) is 17.1 Å². The van der Waals surface area contributed by atoms with Crippen LogP contribution < -0.4 is 11.1 Å². The van der Waals surface area contributed by atoms with E-state index in [1.54, 1.807) is 24.3 Å². The number of rotatable bonds is 1. The van der Waals surface area contributed by atoms with Crippen LogP contribution in [0.15, 0.2) is 24.3 Å². The fraction of sp³-hybridized carbons (Fsp3) is 0.222. The highest BCUT2D eigenvalue weighted by atomic mass is 16.3. The van der Waals surface area contributed by atoms with Gasteiger partial charge in [0.1, 0.15) is 11.8 Å². The molecule has 1 aliphatic heterocycles. The third kappa shape index (κ3) is 1.25. The minimum absolute atomic E-state index is 0.104. The van der Waals surface area contributed by atoms with Crippen molar-refractivity contribution in [2.75, 3.05) is 0 Å². The molecule has 0 spiro atoms. The lowest BCUT2D eigenvalue weighted by Crippen LogP contribution is -2.60. The molecule has 1 aromatic rings. The molecule has 68 valence electrons. The Kier molecular flexibility index (Phi) is 1.70. The number of amides is 1. The van der Waals surface area contributed by atoms with Crippen molar-refractivity contribution in [1.29, 1.82) is 0 Å². The Hall–Kier alpha value is -1.55. The number of nitrogens with two attached hydrogens (primary N) is 1. The number of β-lactam (4-membered cyclic amide) rings is 1. The second kappa shape index (κ2) is 2.74. The number of phenols is 1. The molecule has 2 atom stereocenters. The van der Waals surface area contributed by atoms with Crippen LogP contribution in [0.1, 0.15) is 11.6 Å². The van der Waals surface area contributed by atoms with E-state index in [9.17, 15) is 4.79 Å². The van der Waals surface area contributed by atoms with Gasteiger partial charge in [0.05, 0.1) is 6.04 Å². The van der Waals surface area contributed by atoms with E-state index in [1.807, 2.05) is 0 Å². The van der Waals surface area contributed by atoms with Crippen molar-refractivity contribution < 1.29 is 9.90 Å². The van der Waals surface area contributed by atoms with Crippen molar-refractivity contribution >= 4 is 5.91 Å². The van der Waals surface area contributed by atoms with Gasteiger partial charge in [0.2, 0.25) is 5.91 Å². The fourth-order valence-electron chi connectivity index (χ4n) is 1.37. The molecule has 13 heavy (non-hydrogen) atoms. The van der Waals surface area contributed by atoms with E-state index in [1.165, 1.54) is 0 Å². The lowest BCUT2D eigenvalue weighted by atomic mass is 9.92. The molecule has 1 heterocycles. The Morgan fingerprint density at radius 2 is 1.92 bits per heavy atom. The van der Waals surface area contributed by atoms with Crippen LogP contribution in [-0.2, 0) is 4.79 Å². The van der Waals surface area contributed by atoms with Gasteiger partial charge in [0.15, 0.2) is 0 Å². The number of aromatic hydroxyl groups is 1. The lowest BCUT2D eigenvalue weighted by molar-refractivity contribution is -0.130.